The molecule has 0 fully saturated rings. The lowest BCUT2D eigenvalue weighted by Crippen LogP contribution is -2.19. The lowest BCUT2D eigenvalue weighted by molar-refractivity contribution is 0.0526. The van der Waals surface area contributed by atoms with Crippen molar-refractivity contribution in [3.8, 4) is 0 Å². The normalized spacial score (nSPS) is 11.0. The van der Waals surface area contributed by atoms with Crippen molar-refractivity contribution in [2.75, 3.05) is 28.5 Å². The van der Waals surface area contributed by atoms with Crippen LogP contribution in [0.1, 0.15) is 34.6 Å². The Bertz CT molecular complexity index is 1360. The van der Waals surface area contributed by atoms with E-state index in [0.29, 0.717) is 24.4 Å². The summed E-state index contributed by atoms with van der Waals surface area (Å²) in [6, 6.07) is 12.5. The molecule has 0 aliphatic heterocycles. The van der Waals surface area contributed by atoms with Gasteiger partial charge in [-0.05, 0) is 62.4 Å². The maximum Gasteiger partial charge on any atom is 0.338 e. The van der Waals surface area contributed by atoms with Crippen LogP contribution in [0.15, 0.2) is 65.6 Å². The van der Waals surface area contributed by atoms with Crippen molar-refractivity contribution in [2.45, 2.75) is 18.7 Å². The SMILES string of the molecule is CCNc1ccc(C(=O)OCC)cc1NC(=O)c1ccccc1NS(=O)(=O)c1ccc(F)c(F)c1. The van der Waals surface area contributed by atoms with Gasteiger partial charge in [0.15, 0.2) is 11.6 Å². The minimum Gasteiger partial charge on any atom is -0.462 e. The molecular formula is C24H23F2N3O5S. The van der Waals surface area contributed by atoms with Crippen LogP contribution in [0.2, 0.25) is 0 Å². The van der Waals surface area contributed by atoms with E-state index in [1.54, 1.807) is 19.1 Å². The molecule has 0 aliphatic carbocycles. The number of sulfonamides is 1. The number of nitrogens with one attached hydrogen (secondary N) is 3. The molecule has 1 amide bonds. The Morgan fingerprint density at radius 1 is 0.886 bits per heavy atom. The second kappa shape index (κ2) is 11.0. The molecule has 0 heterocycles. The zero-order valence-electron chi connectivity index (χ0n) is 18.9. The van der Waals surface area contributed by atoms with Crippen LogP contribution >= 0.6 is 0 Å². The van der Waals surface area contributed by atoms with E-state index >= 15 is 0 Å². The Kier molecular flexibility index (Phi) is 8.02. The molecule has 11 heteroatoms. The first-order chi connectivity index (χ1) is 16.7. The van der Waals surface area contributed by atoms with E-state index in [9.17, 15) is 26.8 Å². The molecule has 0 unspecified atom stereocenters. The molecule has 3 rings (SSSR count). The number of rotatable bonds is 9. The summed E-state index contributed by atoms with van der Waals surface area (Å²) in [4.78, 5) is 24.7. The van der Waals surface area contributed by atoms with Crippen LogP contribution in [0.3, 0.4) is 0 Å². The first-order valence-corrected chi connectivity index (χ1v) is 12.1. The number of carbonyl (C=O) groups excluding carboxylic acids is 2. The second-order valence-electron chi connectivity index (χ2n) is 7.19. The van der Waals surface area contributed by atoms with Crippen LogP contribution in [-0.2, 0) is 14.8 Å². The monoisotopic (exact) mass is 503 g/mol. The molecule has 3 N–H and O–H groups in total. The van der Waals surface area contributed by atoms with E-state index in [-0.39, 0.29) is 29.1 Å². The number of hydrogen-bond acceptors (Lipinski definition) is 6. The van der Waals surface area contributed by atoms with E-state index in [1.807, 2.05) is 6.92 Å². The fourth-order valence-electron chi connectivity index (χ4n) is 3.14. The summed E-state index contributed by atoms with van der Waals surface area (Å²) in [5, 5.41) is 5.75. The van der Waals surface area contributed by atoms with Gasteiger partial charge < -0.3 is 15.4 Å². The van der Waals surface area contributed by atoms with Crippen molar-refractivity contribution in [2.24, 2.45) is 0 Å². The number of hydrogen-bond donors (Lipinski definition) is 3. The van der Waals surface area contributed by atoms with Gasteiger partial charge in [-0.1, -0.05) is 12.1 Å². The standard InChI is InChI=1S/C24H23F2N3O5S/c1-3-27-21-12-9-15(24(31)34-4-2)13-22(21)28-23(30)17-7-5-6-8-20(17)29-35(32,33)16-10-11-18(25)19(26)14-16/h5-14,27,29H,3-4H2,1-2H3,(H,28,30). The third kappa shape index (κ3) is 6.12. The van der Waals surface area contributed by atoms with Gasteiger partial charge in [-0.2, -0.15) is 0 Å². The van der Waals surface area contributed by atoms with Gasteiger partial charge in [-0.15, -0.1) is 0 Å². The fourth-order valence-corrected chi connectivity index (χ4v) is 4.23. The van der Waals surface area contributed by atoms with E-state index in [1.165, 1.54) is 30.3 Å². The van der Waals surface area contributed by atoms with Crippen LogP contribution < -0.4 is 15.4 Å². The minimum absolute atomic E-state index is 0.0392. The molecule has 0 saturated carbocycles. The van der Waals surface area contributed by atoms with E-state index < -0.39 is 38.4 Å². The summed E-state index contributed by atoms with van der Waals surface area (Å²) in [5.41, 5.74) is 0.912. The molecule has 0 saturated heterocycles. The van der Waals surface area contributed by atoms with Gasteiger partial charge in [-0.3, -0.25) is 9.52 Å². The number of benzene rings is 3. The van der Waals surface area contributed by atoms with E-state index in [2.05, 4.69) is 15.4 Å². The summed E-state index contributed by atoms with van der Waals surface area (Å²) in [5.74, 6) is -3.75. The van der Waals surface area contributed by atoms with Crippen molar-refractivity contribution >= 4 is 39.0 Å². The molecule has 0 spiro atoms. The molecule has 3 aromatic rings. The van der Waals surface area contributed by atoms with E-state index in [4.69, 9.17) is 4.74 Å². The molecule has 35 heavy (non-hydrogen) atoms. The van der Waals surface area contributed by atoms with Gasteiger partial charge in [0, 0.05) is 6.54 Å². The van der Waals surface area contributed by atoms with Crippen LogP contribution in [0.25, 0.3) is 0 Å². The van der Waals surface area contributed by atoms with E-state index in [0.717, 1.165) is 6.07 Å². The van der Waals surface area contributed by atoms with Crippen LogP contribution in [0, 0.1) is 11.6 Å². The maximum absolute atomic E-state index is 13.6. The predicted octanol–water partition coefficient (Wildman–Crippen LogP) is 4.63. The molecule has 0 atom stereocenters. The molecule has 184 valence electrons. The highest BCUT2D eigenvalue weighted by molar-refractivity contribution is 7.92. The summed E-state index contributed by atoms with van der Waals surface area (Å²) in [6.45, 7) is 4.24. The van der Waals surface area contributed by atoms with Gasteiger partial charge in [0.05, 0.1) is 39.7 Å². The molecule has 0 aliphatic rings. The number of ether oxygens (including phenoxy) is 1. The first-order valence-electron chi connectivity index (χ1n) is 10.6. The van der Waals surface area contributed by atoms with Gasteiger partial charge in [0.1, 0.15) is 0 Å². The van der Waals surface area contributed by atoms with Crippen LogP contribution in [-0.4, -0.2) is 33.4 Å². The van der Waals surface area contributed by atoms with Crippen molar-refractivity contribution in [3.05, 3.63) is 83.4 Å². The smallest absolute Gasteiger partial charge is 0.338 e. The minimum atomic E-state index is -4.33. The number of para-hydroxylation sites is 1. The molecule has 0 bridgehead atoms. The molecular weight excluding hydrogens is 480 g/mol. The van der Waals surface area contributed by atoms with Gasteiger partial charge in [0.25, 0.3) is 15.9 Å². The van der Waals surface area contributed by atoms with Gasteiger partial charge in [0.2, 0.25) is 0 Å². The molecule has 8 nitrogen and oxygen atoms in total. The van der Waals surface area contributed by atoms with Crippen LogP contribution in [0.5, 0.6) is 0 Å². The average molecular weight is 504 g/mol. The number of esters is 1. The second-order valence-corrected chi connectivity index (χ2v) is 8.87. The Balaban J connectivity index is 1.92. The first kappa shape index (κ1) is 25.6. The zero-order chi connectivity index (χ0) is 25.6. The molecule has 0 radical (unpaired) electrons. The average Bonchev–Trinajstić information content (AvgIpc) is 2.82. The maximum atomic E-state index is 13.6. The lowest BCUT2D eigenvalue weighted by Gasteiger charge is -2.16. The Hall–Kier alpha value is -3.99. The number of anilines is 3. The van der Waals surface area contributed by atoms with Gasteiger partial charge in [-0.25, -0.2) is 22.0 Å². The largest absolute Gasteiger partial charge is 0.462 e. The Morgan fingerprint density at radius 2 is 1.63 bits per heavy atom. The van der Waals surface area contributed by atoms with Crippen molar-refractivity contribution < 1.29 is 31.5 Å². The summed E-state index contributed by atoms with van der Waals surface area (Å²) in [6.07, 6.45) is 0. The fraction of sp³-hybridized carbons (Fsp3) is 0.167. The zero-order valence-corrected chi connectivity index (χ0v) is 19.7. The van der Waals surface area contributed by atoms with Crippen molar-refractivity contribution in [3.63, 3.8) is 0 Å². The van der Waals surface area contributed by atoms with Crippen molar-refractivity contribution in [1.82, 2.24) is 0 Å². The number of amides is 1. The lowest BCUT2D eigenvalue weighted by atomic mass is 10.1. The number of carbonyl (C=O) groups is 2. The third-order valence-electron chi connectivity index (χ3n) is 4.76. The quantitative estimate of drug-likeness (QED) is 0.367. The van der Waals surface area contributed by atoms with Gasteiger partial charge >= 0.3 is 5.97 Å². The van der Waals surface area contributed by atoms with Crippen LogP contribution in [0.4, 0.5) is 25.8 Å². The van der Waals surface area contributed by atoms with Crippen molar-refractivity contribution in [1.29, 1.82) is 0 Å². The summed E-state index contributed by atoms with van der Waals surface area (Å²) >= 11 is 0. The summed E-state index contributed by atoms with van der Waals surface area (Å²) in [7, 11) is -4.33. The molecule has 3 aromatic carbocycles. The highest BCUT2D eigenvalue weighted by Gasteiger charge is 2.21. The summed E-state index contributed by atoms with van der Waals surface area (Å²) < 4.78 is 59.5. The topological polar surface area (TPSA) is 114 Å². The molecule has 0 aromatic heterocycles. The third-order valence-corrected chi connectivity index (χ3v) is 6.13. The Labute approximate surface area is 201 Å². The highest BCUT2D eigenvalue weighted by atomic mass is 32.2. The predicted molar refractivity (Wildman–Crippen MR) is 128 cm³/mol. The highest BCUT2D eigenvalue weighted by Crippen LogP contribution is 2.27. The Morgan fingerprint density at radius 3 is 2.31 bits per heavy atom. The number of halogens is 2.